The number of hydrogen-bond acceptors (Lipinski definition) is 4. The molecule has 86 valence electrons. The predicted octanol–water partition coefficient (Wildman–Crippen LogP) is -0.0424. The van der Waals surface area contributed by atoms with Gasteiger partial charge in [0, 0.05) is 0 Å². The highest BCUT2D eigenvalue weighted by atomic mass is 16.5. The third kappa shape index (κ3) is 4.12. The first kappa shape index (κ1) is 13.6. The predicted molar refractivity (Wildman–Crippen MR) is 57.0 cm³/mol. The van der Waals surface area contributed by atoms with E-state index in [4.69, 9.17) is 5.73 Å². The van der Waals surface area contributed by atoms with E-state index in [2.05, 4.69) is 16.6 Å². The zero-order valence-corrected chi connectivity index (χ0v) is 9.37. The number of ether oxygens (including phenoxy) is 1. The quantitative estimate of drug-likeness (QED) is 0.497. The Morgan fingerprint density at radius 3 is 2.53 bits per heavy atom. The molecule has 0 heterocycles. The number of methoxy groups -OCH3 is 1. The lowest BCUT2D eigenvalue weighted by Gasteiger charge is -2.24. The lowest BCUT2D eigenvalue weighted by molar-refractivity contribution is -0.149. The maximum atomic E-state index is 11.5. The Kier molecular flexibility index (Phi) is 5.00. The Labute approximate surface area is 89.7 Å². The fraction of sp³-hybridized carbons (Fsp3) is 0.600. The largest absolute Gasteiger partial charge is 0.467 e. The molecule has 0 bridgehead atoms. The monoisotopic (exact) mass is 214 g/mol. The fourth-order valence-electron chi connectivity index (χ4n) is 0.993. The average molecular weight is 214 g/mol. The van der Waals surface area contributed by atoms with Crippen molar-refractivity contribution in [1.29, 1.82) is 0 Å². The van der Waals surface area contributed by atoms with Gasteiger partial charge in [0.1, 0.15) is 5.54 Å². The van der Waals surface area contributed by atoms with Crippen molar-refractivity contribution in [2.24, 2.45) is 5.73 Å². The summed E-state index contributed by atoms with van der Waals surface area (Å²) in [6.07, 6.45) is 1.92. The van der Waals surface area contributed by atoms with Gasteiger partial charge in [-0.2, -0.15) is 0 Å². The first-order chi connectivity index (χ1) is 6.85. The molecule has 0 aromatic carbocycles. The molecule has 3 N–H and O–H groups in total. The first-order valence-electron chi connectivity index (χ1n) is 4.62. The van der Waals surface area contributed by atoms with Crippen molar-refractivity contribution in [2.45, 2.75) is 31.8 Å². The van der Waals surface area contributed by atoms with Crippen LogP contribution in [0.15, 0.2) is 12.7 Å². The van der Waals surface area contributed by atoms with Crippen molar-refractivity contribution >= 4 is 11.9 Å². The summed E-state index contributed by atoms with van der Waals surface area (Å²) < 4.78 is 4.54. The van der Waals surface area contributed by atoms with Crippen LogP contribution >= 0.6 is 0 Å². The third-order valence-electron chi connectivity index (χ3n) is 1.89. The number of nitrogens with one attached hydrogen (secondary N) is 1. The summed E-state index contributed by atoms with van der Waals surface area (Å²) in [7, 11) is 1.26. The molecule has 1 atom stereocenters. The Balaban J connectivity index is 4.39. The lowest BCUT2D eigenvalue weighted by atomic mass is 10.0. The lowest BCUT2D eigenvalue weighted by Crippen LogP contribution is -2.54. The maximum Gasteiger partial charge on any atom is 0.330 e. The van der Waals surface area contributed by atoms with Gasteiger partial charge in [-0.05, 0) is 20.3 Å². The van der Waals surface area contributed by atoms with Gasteiger partial charge < -0.3 is 15.8 Å². The summed E-state index contributed by atoms with van der Waals surface area (Å²) in [5, 5.41) is 2.51. The Morgan fingerprint density at radius 2 is 2.13 bits per heavy atom. The minimum atomic E-state index is -1.06. The molecule has 0 aliphatic heterocycles. The molecule has 1 unspecified atom stereocenters. The fourth-order valence-corrected chi connectivity index (χ4v) is 0.993. The summed E-state index contributed by atoms with van der Waals surface area (Å²) in [5.74, 6) is -0.910. The second kappa shape index (κ2) is 5.50. The molecule has 5 heteroatoms. The van der Waals surface area contributed by atoms with E-state index in [-0.39, 0.29) is 0 Å². The molecule has 5 nitrogen and oxygen atoms in total. The molecule has 0 aromatic heterocycles. The van der Waals surface area contributed by atoms with Crippen LogP contribution in [-0.2, 0) is 14.3 Å². The van der Waals surface area contributed by atoms with Gasteiger partial charge in [0.15, 0.2) is 0 Å². The van der Waals surface area contributed by atoms with Crippen LogP contribution in [0.3, 0.4) is 0 Å². The highest BCUT2D eigenvalue weighted by Gasteiger charge is 2.31. The molecule has 0 spiro atoms. The van der Waals surface area contributed by atoms with Crippen LogP contribution in [0.1, 0.15) is 20.3 Å². The van der Waals surface area contributed by atoms with E-state index in [0.717, 1.165) is 0 Å². The van der Waals surface area contributed by atoms with Crippen molar-refractivity contribution in [3.8, 4) is 0 Å². The molecule has 0 saturated carbocycles. The highest BCUT2D eigenvalue weighted by molar-refractivity contribution is 5.89. The van der Waals surface area contributed by atoms with Crippen LogP contribution < -0.4 is 11.1 Å². The second-order valence-electron chi connectivity index (χ2n) is 3.74. The number of amides is 1. The van der Waals surface area contributed by atoms with E-state index in [0.29, 0.717) is 6.42 Å². The Morgan fingerprint density at radius 1 is 1.60 bits per heavy atom. The van der Waals surface area contributed by atoms with Crippen LogP contribution in [0.5, 0.6) is 0 Å². The SMILES string of the molecule is C=CCC(N)C(=O)NC(C)(C)C(=O)OC. The van der Waals surface area contributed by atoms with Crippen LogP contribution in [0.4, 0.5) is 0 Å². The number of carbonyl (C=O) groups is 2. The summed E-state index contributed by atoms with van der Waals surface area (Å²) in [6, 6.07) is -0.688. The van der Waals surface area contributed by atoms with Gasteiger partial charge in [0.2, 0.25) is 5.91 Å². The van der Waals surface area contributed by atoms with Crippen LogP contribution in [0.25, 0.3) is 0 Å². The van der Waals surface area contributed by atoms with Crippen molar-refractivity contribution in [3.05, 3.63) is 12.7 Å². The minimum absolute atomic E-state index is 0.364. The Hall–Kier alpha value is -1.36. The van der Waals surface area contributed by atoms with Gasteiger partial charge in [-0.1, -0.05) is 6.08 Å². The van der Waals surface area contributed by atoms with Crippen molar-refractivity contribution in [3.63, 3.8) is 0 Å². The van der Waals surface area contributed by atoms with Gasteiger partial charge in [0.05, 0.1) is 13.2 Å². The normalized spacial score (nSPS) is 12.8. The molecule has 0 aliphatic rings. The van der Waals surface area contributed by atoms with Crippen molar-refractivity contribution < 1.29 is 14.3 Å². The summed E-state index contributed by atoms with van der Waals surface area (Å²) in [5.41, 5.74) is 4.48. The number of carbonyl (C=O) groups excluding carboxylic acids is 2. The minimum Gasteiger partial charge on any atom is -0.467 e. The molecular weight excluding hydrogens is 196 g/mol. The standard InChI is InChI=1S/C10H18N2O3/c1-5-6-7(11)8(13)12-10(2,3)9(14)15-4/h5,7H,1,6,11H2,2-4H3,(H,12,13). The van der Waals surface area contributed by atoms with Gasteiger partial charge in [0.25, 0.3) is 0 Å². The van der Waals surface area contributed by atoms with E-state index in [1.165, 1.54) is 7.11 Å². The van der Waals surface area contributed by atoms with Gasteiger partial charge >= 0.3 is 5.97 Å². The zero-order chi connectivity index (χ0) is 12.1. The molecule has 0 fully saturated rings. The first-order valence-corrected chi connectivity index (χ1v) is 4.62. The van der Waals surface area contributed by atoms with Crippen LogP contribution in [0.2, 0.25) is 0 Å². The van der Waals surface area contributed by atoms with Crippen molar-refractivity contribution in [1.82, 2.24) is 5.32 Å². The van der Waals surface area contributed by atoms with E-state index >= 15 is 0 Å². The molecule has 0 saturated heterocycles. The number of nitrogens with two attached hydrogens (primary N) is 1. The topological polar surface area (TPSA) is 81.4 Å². The molecule has 1 amide bonds. The van der Waals surface area contributed by atoms with Crippen LogP contribution in [0, 0.1) is 0 Å². The van der Waals surface area contributed by atoms with Crippen LogP contribution in [-0.4, -0.2) is 30.6 Å². The van der Waals surface area contributed by atoms with Gasteiger partial charge in [-0.25, -0.2) is 4.79 Å². The van der Waals surface area contributed by atoms with Gasteiger partial charge in [-0.3, -0.25) is 4.79 Å². The van der Waals surface area contributed by atoms with E-state index < -0.39 is 23.5 Å². The Bertz CT molecular complexity index is 261. The summed E-state index contributed by atoms with van der Waals surface area (Å²) in [6.45, 7) is 6.59. The molecule has 0 rings (SSSR count). The second-order valence-corrected chi connectivity index (χ2v) is 3.74. The highest BCUT2D eigenvalue weighted by Crippen LogP contribution is 2.05. The van der Waals surface area contributed by atoms with E-state index in [1.54, 1.807) is 19.9 Å². The van der Waals surface area contributed by atoms with Crippen molar-refractivity contribution in [2.75, 3.05) is 7.11 Å². The number of hydrogen-bond donors (Lipinski definition) is 2. The van der Waals surface area contributed by atoms with E-state index in [1.807, 2.05) is 0 Å². The maximum absolute atomic E-state index is 11.5. The third-order valence-corrected chi connectivity index (χ3v) is 1.89. The molecule has 15 heavy (non-hydrogen) atoms. The number of rotatable bonds is 5. The average Bonchev–Trinajstić information content (AvgIpc) is 2.16. The van der Waals surface area contributed by atoms with Gasteiger partial charge in [-0.15, -0.1) is 6.58 Å². The summed E-state index contributed by atoms with van der Waals surface area (Å²) >= 11 is 0. The molecule has 0 radical (unpaired) electrons. The molecular formula is C10H18N2O3. The molecule has 0 aliphatic carbocycles. The molecule has 0 aromatic rings. The van der Waals surface area contributed by atoms with E-state index in [9.17, 15) is 9.59 Å². The number of esters is 1. The zero-order valence-electron chi connectivity index (χ0n) is 9.37. The summed E-state index contributed by atoms with van der Waals surface area (Å²) in [4.78, 5) is 22.7. The smallest absolute Gasteiger partial charge is 0.330 e.